The molecule has 0 spiro atoms. The first kappa shape index (κ1) is 25.5. The fraction of sp³-hybridized carbons (Fsp3) is 0.241. The zero-order valence-corrected chi connectivity index (χ0v) is 21.8. The molecule has 7 nitrogen and oxygen atoms in total. The lowest BCUT2D eigenvalue weighted by Gasteiger charge is -2.54. The minimum atomic E-state index is -1.67. The third-order valence-electron chi connectivity index (χ3n) is 7.93. The molecule has 10 heteroatoms. The fourth-order valence-corrected chi connectivity index (χ4v) is 7.42. The molecule has 1 aliphatic heterocycles. The summed E-state index contributed by atoms with van der Waals surface area (Å²) in [6.45, 7) is -0.473. The van der Waals surface area contributed by atoms with Gasteiger partial charge < -0.3 is 10.5 Å². The molecule has 1 fully saturated rings. The monoisotopic (exact) mass is 566 g/mol. The van der Waals surface area contributed by atoms with Crippen LogP contribution >= 0.6 is 23.2 Å². The summed E-state index contributed by atoms with van der Waals surface area (Å²) in [7, 11) is 0. The summed E-state index contributed by atoms with van der Waals surface area (Å²) in [4.78, 5) is 51.3. The summed E-state index contributed by atoms with van der Waals surface area (Å²) in [5, 5.41) is 0. The predicted molar refractivity (Wildman–Crippen MR) is 139 cm³/mol. The second-order valence-corrected chi connectivity index (χ2v) is 11.1. The lowest BCUT2D eigenvalue weighted by Crippen LogP contribution is -2.57. The lowest BCUT2D eigenvalue weighted by atomic mass is 9.54. The number of esters is 1. The Morgan fingerprint density at radius 3 is 1.72 bits per heavy atom. The van der Waals surface area contributed by atoms with E-state index in [2.05, 4.69) is 0 Å². The highest BCUT2D eigenvalue weighted by Crippen LogP contribution is 2.69. The first-order chi connectivity index (χ1) is 18.6. The summed E-state index contributed by atoms with van der Waals surface area (Å²) in [6.07, 6.45) is -0.683. The first-order valence-corrected chi connectivity index (χ1v) is 13.0. The number of alkyl halides is 2. The molecule has 3 amide bonds. The molecule has 198 valence electrons. The van der Waals surface area contributed by atoms with E-state index >= 15 is 0 Å². The van der Waals surface area contributed by atoms with Gasteiger partial charge in [-0.1, -0.05) is 66.7 Å². The van der Waals surface area contributed by atoms with E-state index < -0.39 is 70.2 Å². The van der Waals surface area contributed by atoms with Crippen LogP contribution in [0, 0.1) is 17.7 Å². The largest absolute Gasteiger partial charge is 0.459 e. The van der Waals surface area contributed by atoms with E-state index in [4.69, 9.17) is 33.7 Å². The van der Waals surface area contributed by atoms with Gasteiger partial charge in [-0.2, -0.15) is 0 Å². The summed E-state index contributed by atoms with van der Waals surface area (Å²) < 4.78 is 19.4. The Morgan fingerprint density at radius 2 is 1.28 bits per heavy atom. The topological polar surface area (TPSA) is 107 Å². The molecule has 3 aromatic rings. The Hall–Kier alpha value is -3.75. The Morgan fingerprint density at radius 1 is 0.846 bits per heavy atom. The van der Waals surface area contributed by atoms with Gasteiger partial charge in [0.1, 0.15) is 28.2 Å². The minimum absolute atomic E-state index is 0.0831. The van der Waals surface area contributed by atoms with Crippen LogP contribution in [-0.4, -0.2) is 34.6 Å². The molecule has 3 aliphatic carbocycles. The van der Waals surface area contributed by atoms with Gasteiger partial charge in [0, 0.05) is 5.56 Å². The van der Waals surface area contributed by atoms with Gasteiger partial charge in [0.15, 0.2) is 0 Å². The van der Waals surface area contributed by atoms with Gasteiger partial charge in [0.2, 0.25) is 17.7 Å². The van der Waals surface area contributed by atoms with E-state index in [0.717, 1.165) is 4.90 Å². The Kier molecular flexibility index (Phi) is 5.82. The van der Waals surface area contributed by atoms with Crippen LogP contribution in [0.5, 0.6) is 0 Å². The third-order valence-corrected chi connectivity index (χ3v) is 9.21. The van der Waals surface area contributed by atoms with Crippen LogP contribution in [0.15, 0.2) is 72.8 Å². The number of amides is 3. The van der Waals surface area contributed by atoms with Crippen LogP contribution in [-0.2, 0) is 40.3 Å². The van der Waals surface area contributed by atoms with Crippen LogP contribution in [0.3, 0.4) is 0 Å². The number of benzene rings is 3. The van der Waals surface area contributed by atoms with Crippen molar-refractivity contribution in [1.82, 2.24) is 4.90 Å². The second kappa shape index (κ2) is 8.89. The number of primary amides is 1. The average molecular weight is 567 g/mol. The molecule has 0 aromatic heterocycles. The fourth-order valence-electron chi connectivity index (χ4n) is 6.33. The van der Waals surface area contributed by atoms with E-state index in [9.17, 15) is 23.6 Å². The smallest absolute Gasteiger partial charge is 0.330 e. The molecule has 39 heavy (non-hydrogen) atoms. The van der Waals surface area contributed by atoms with Crippen molar-refractivity contribution in [2.24, 2.45) is 17.6 Å². The molecule has 7 rings (SSSR count). The van der Waals surface area contributed by atoms with Crippen LogP contribution in [0.4, 0.5) is 4.39 Å². The number of hydrogen-bond acceptors (Lipinski definition) is 5. The van der Waals surface area contributed by atoms with Crippen molar-refractivity contribution in [2.75, 3.05) is 0 Å². The van der Waals surface area contributed by atoms with Gasteiger partial charge in [0.05, 0.1) is 18.3 Å². The molecule has 1 saturated heterocycles. The molecule has 0 saturated carbocycles. The third kappa shape index (κ3) is 3.41. The van der Waals surface area contributed by atoms with E-state index in [1.165, 1.54) is 18.2 Å². The molecular weight excluding hydrogens is 546 g/mol. The summed E-state index contributed by atoms with van der Waals surface area (Å²) in [5.41, 5.74) is 7.88. The van der Waals surface area contributed by atoms with Crippen molar-refractivity contribution in [2.45, 2.75) is 28.8 Å². The molecule has 0 radical (unpaired) electrons. The van der Waals surface area contributed by atoms with Crippen LogP contribution in [0.25, 0.3) is 0 Å². The summed E-state index contributed by atoms with van der Waals surface area (Å²) in [5.74, 6) is -6.46. The van der Waals surface area contributed by atoms with Gasteiger partial charge in [0.25, 0.3) is 0 Å². The molecule has 1 heterocycles. The standard InChI is InChI=1S/C29H21Cl2FN2O5/c30-28-16-8-2-3-9-17(16)29(31,19-11-5-4-10-18(19)28)24-23(28)25(36)34(26(24)37)21(13-22(33)35)27(38)39-14-15-7-1-6-12-20(15)32/h1-12,21,23-24H,13-14H2,(H2,33,35)/t21-,23-,24-,28?,29?/m1/s1. The van der Waals surface area contributed by atoms with E-state index in [-0.39, 0.29) is 5.56 Å². The van der Waals surface area contributed by atoms with Crippen molar-refractivity contribution in [3.05, 3.63) is 106 Å². The van der Waals surface area contributed by atoms with Crippen LogP contribution in [0.2, 0.25) is 0 Å². The quantitative estimate of drug-likeness (QED) is 0.278. The number of imide groups is 1. The molecule has 3 aromatic carbocycles. The van der Waals surface area contributed by atoms with Crippen molar-refractivity contribution in [3.63, 3.8) is 0 Å². The maximum absolute atomic E-state index is 14.1. The van der Waals surface area contributed by atoms with E-state index in [1.807, 2.05) is 0 Å². The molecule has 2 N–H and O–H groups in total. The maximum atomic E-state index is 14.1. The highest BCUT2D eigenvalue weighted by Gasteiger charge is 2.73. The number of carbonyl (C=O) groups excluding carboxylic acids is 4. The molecule has 4 aliphatic rings. The second-order valence-electron chi connectivity index (χ2n) is 9.90. The number of carbonyl (C=O) groups is 4. The van der Waals surface area contributed by atoms with E-state index in [1.54, 1.807) is 54.6 Å². The number of rotatable bonds is 6. The molecule has 2 bridgehead atoms. The van der Waals surface area contributed by atoms with Crippen molar-refractivity contribution >= 4 is 46.9 Å². The highest BCUT2D eigenvalue weighted by molar-refractivity contribution is 6.36. The van der Waals surface area contributed by atoms with Crippen molar-refractivity contribution in [1.29, 1.82) is 0 Å². The number of nitrogens with zero attached hydrogens (tertiary/aromatic N) is 1. The summed E-state index contributed by atoms with van der Waals surface area (Å²) in [6, 6.07) is 18.2. The maximum Gasteiger partial charge on any atom is 0.330 e. The Labute approximate surface area is 232 Å². The Bertz CT molecular complexity index is 1450. The first-order valence-electron chi connectivity index (χ1n) is 12.2. The lowest BCUT2D eigenvalue weighted by molar-refractivity contribution is -0.161. The van der Waals surface area contributed by atoms with Gasteiger partial charge in [-0.25, -0.2) is 9.18 Å². The molecular formula is C29H21Cl2FN2O5. The zero-order chi connectivity index (χ0) is 27.7. The van der Waals surface area contributed by atoms with E-state index in [0.29, 0.717) is 22.3 Å². The Balaban J connectivity index is 1.44. The average Bonchev–Trinajstić information content (AvgIpc) is 3.20. The molecule has 0 unspecified atom stereocenters. The zero-order valence-electron chi connectivity index (χ0n) is 20.3. The van der Waals surface area contributed by atoms with Crippen molar-refractivity contribution in [3.8, 4) is 0 Å². The number of halogens is 3. The van der Waals surface area contributed by atoms with Gasteiger partial charge in [-0.3, -0.25) is 19.3 Å². The van der Waals surface area contributed by atoms with Gasteiger partial charge >= 0.3 is 5.97 Å². The van der Waals surface area contributed by atoms with Crippen molar-refractivity contribution < 1.29 is 28.3 Å². The number of nitrogens with two attached hydrogens (primary N) is 1. The number of hydrogen-bond donors (Lipinski definition) is 1. The summed E-state index contributed by atoms with van der Waals surface area (Å²) >= 11 is 14.8. The number of ether oxygens (including phenoxy) is 1. The predicted octanol–water partition coefficient (Wildman–Crippen LogP) is 3.71. The minimum Gasteiger partial charge on any atom is -0.459 e. The highest BCUT2D eigenvalue weighted by atomic mass is 35.5. The normalized spacial score (nSPS) is 27.0. The van der Waals surface area contributed by atoms with Crippen LogP contribution in [0.1, 0.15) is 34.2 Å². The molecule has 3 atom stereocenters. The number of likely N-dealkylation sites (tertiary alicyclic amines) is 1. The van der Waals surface area contributed by atoms with Gasteiger partial charge in [-0.05, 0) is 28.3 Å². The van der Waals surface area contributed by atoms with Gasteiger partial charge in [-0.15, -0.1) is 23.2 Å². The SMILES string of the molecule is NC(=O)C[C@H](C(=O)OCc1ccccc1F)N1C(=O)[C@H]2[C@H](C1=O)C1(Cl)c3ccccc3C2(Cl)c2ccccc21. The van der Waals surface area contributed by atoms with Crippen LogP contribution < -0.4 is 5.73 Å².